The number of hydrogen-bond acceptors (Lipinski definition) is 3. The van der Waals surface area contributed by atoms with Gasteiger partial charge in [-0.05, 0) is 28.1 Å². The predicted octanol–water partition coefficient (Wildman–Crippen LogP) is 3.91. The SMILES string of the molecule is O=S(=O)(Nc1cccc(OCBr)c1)c1c(F)c(F)c(F)c(F)c1F. The van der Waals surface area contributed by atoms with Crippen molar-refractivity contribution in [2.24, 2.45) is 0 Å². The summed E-state index contributed by atoms with van der Waals surface area (Å²) in [6.45, 7) is 0. The largest absolute Gasteiger partial charge is 0.482 e. The molecule has 0 spiro atoms. The molecular weight excluding hydrogens is 425 g/mol. The third-order valence-electron chi connectivity index (χ3n) is 2.75. The van der Waals surface area contributed by atoms with Crippen LogP contribution < -0.4 is 9.46 Å². The maximum absolute atomic E-state index is 13.6. The maximum Gasteiger partial charge on any atom is 0.267 e. The summed E-state index contributed by atoms with van der Waals surface area (Å²) in [6, 6.07) is 5.17. The molecule has 4 nitrogen and oxygen atoms in total. The summed E-state index contributed by atoms with van der Waals surface area (Å²) < 4.78 is 97.4. The quantitative estimate of drug-likeness (QED) is 0.338. The summed E-state index contributed by atoms with van der Waals surface area (Å²) in [5.41, 5.74) is -0.113. The highest BCUT2D eigenvalue weighted by molar-refractivity contribution is 9.09. The molecule has 0 aliphatic rings. The molecule has 2 rings (SSSR count). The molecule has 0 bridgehead atoms. The van der Waals surface area contributed by atoms with Crippen LogP contribution in [0.25, 0.3) is 0 Å². The number of halogens is 6. The van der Waals surface area contributed by atoms with Gasteiger partial charge in [-0.2, -0.15) is 0 Å². The summed E-state index contributed by atoms with van der Waals surface area (Å²) in [6.07, 6.45) is 0. The molecule has 0 saturated heterocycles. The van der Waals surface area contributed by atoms with Crippen molar-refractivity contribution >= 4 is 31.6 Å². The van der Waals surface area contributed by atoms with Gasteiger partial charge >= 0.3 is 0 Å². The molecule has 24 heavy (non-hydrogen) atoms. The molecule has 0 heterocycles. The second-order valence-corrected chi connectivity index (χ2v) is 6.36. The molecule has 0 aliphatic carbocycles. The molecule has 2 aromatic carbocycles. The van der Waals surface area contributed by atoms with Crippen molar-refractivity contribution in [3.63, 3.8) is 0 Å². The number of rotatable bonds is 5. The lowest BCUT2D eigenvalue weighted by molar-refractivity contribution is 0.358. The van der Waals surface area contributed by atoms with Gasteiger partial charge in [0.1, 0.15) is 11.3 Å². The normalized spacial score (nSPS) is 11.4. The highest BCUT2D eigenvalue weighted by Gasteiger charge is 2.33. The Hall–Kier alpha value is -1.88. The van der Waals surface area contributed by atoms with Crippen LogP contribution in [0.3, 0.4) is 0 Å². The first-order valence-corrected chi connectivity index (χ1v) is 8.62. The molecule has 130 valence electrons. The Balaban J connectivity index is 2.51. The van der Waals surface area contributed by atoms with Crippen molar-refractivity contribution in [2.45, 2.75) is 4.90 Å². The molecule has 0 unspecified atom stereocenters. The summed E-state index contributed by atoms with van der Waals surface area (Å²) in [5, 5.41) is 0. The van der Waals surface area contributed by atoms with E-state index in [1.165, 1.54) is 18.2 Å². The molecule has 0 radical (unpaired) electrons. The van der Waals surface area contributed by atoms with E-state index in [9.17, 15) is 30.4 Å². The van der Waals surface area contributed by atoms with Crippen molar-refractivity contribution in [1.82, 2.24) is 0 Å². The number of alkyl halides is 1. The van der Waals surface area contributed by atoms with Gasteiger partial charge < -0.3 is 4.74 Å². The Morgan fingerprint density at radius 2 is 1.50 bits per heavy atom. The van der Waals surface area contributed by atoms with Gasteiger partial charge in [-0.1, -0.05) is 6.07 Å². The number of sulfonamides is 1. The van der Waals surface area contributed by atoms with Crippen molar-refractivity contribution in [3.8, 4) is 5.75 Å². The molecule has 0 atom stereocenters. The summed E-state index contributed by atoms with van der Waals surface area (Å²) in [4.78, 5) is -1.97. The van der Waals surface area contributed by atoms with Crippen molar-refractivity contribution in [3.05, 3.63) is 53.4 Å². The topological polar surface area (TPSA) is 55.4 Å². The molecular formula is C13H7BrF5NO3S. The van der Waals surface area contributed by atoms with E-state index >= 15 is 0 Å². The third kappa shape index (κ3) is 3.46. The molecule has 0 aliphatic heterocycles. The van der Waals surface area contributed by atoms with Gasteiger partial charge in [0, 0.05) is 6.07 Å². The van der Waals surface area contributed by atoms with Gasteiger partial charge in [-0.25, -0.2) is 30.4 Å². The lowest BCUT2D eigenvalue weighted by Gasteiger charge is -2.12. The average Bonchev–Trinajstić information content (AvgIpc) is 2.51. The molecule has 0 aromatic heterocycles. The summed E-state index contributed by atoms with van der Waals surface area (Å²) in [5.74, 6) is -11.9. The predicted molar refractivity (Wildman–Crippen MR) is 77.9 cm³/mol. The van der Waals surface area contributed by atoms with E-state index in [0.717, 1.165) is 6.07 Å². The van der Waals surface area contributed by atoms with Crippen LogP contribution in [-0.2, 0) is 10.0 Å². The van der Waals surface area contributed by atoms with Gasteiger partial charge in [0.15, 0.2) is 28.2 Å². The highest BCUT2D eigenvalue weighted by atomic mass is 79.9. The number of ether oxygens (including phenoxy) is 1. The second-order valence-electron chi connectivity index (χ2n) is 4.29. The van der Waals surface area contributed by atoms with E-state index in [4.69, 9.17) is 4.74 Å². The lowest BCUT2D eigenvalue weighted by Crippen LogP contribution is -2.19. The smallest absolute Gasteiger partial charge is 0.267 e. The molecule has 11 heteroatoms. The number of hydrogen-bond donors (Lipinski definition) is 1. The third-order valence-corrected chi connectivity index (χ3v) is 4.37. The Labute approximate surface area is 141 Å². The first-order valence-electron chi connectivity index (χ1n) is 6.02. The van der Waals surface area contributed by atoms with Gasteiger partial charge in [0.2, 0.25) is 5.82 Å². The molecule has 1 N–H and O–H groups in total. The fourth-order valence-corrected chi connectivity index (χ4v) is 3.19. The minimum Gasteiger partial charge on any atom is -0.482 e. The monoisotopic (exact) mass is 431 g/mol. The molecule has 0 saturated carbocycles. The fraction of sp³-hybridized carbons (Fsp3) is 0.0769. The average molecular weight is 432 g/mol. The lowest BCUT2D eigenvalue weighted by atomic mass is 10.3. The summed E-state index contributed by atoms with van der Waals surface area (Å²) in [7, 11) is -5.08. The zero-order chi connectivity index (χ0) is 18.1. The number of anilines is 1. The van der Waals surface area contributed by atoms with E-state index < -0.39 is 44.0 Å². The van der Waals surface area contributed by atoms with Crippen LogP contribution in [0.15, 0.2) is 29.2 Å². The maximum atomic E-state index is 13.6. The van der Waals surface area contributed by atoms with Gasteiger partial charge in [-0.15, -0.1) is 0 Å². The van der Waals surface area contributed by atoms with E-state index in [2.05, 4.69) is 15.9 Å². The Morgan fingerprint density at radius 3 is 2.04 bits per heavy atom. The van der Waals surface area contributed by atoms with E-state index in [-0.39, 0.29) is 17.0 Å². The zero-order valence-electron chi connectivity index (χ0n) is 11.4. The number of nitrogens with one attached hydrogen (secondary N) is 1. The van der Waals surface area contributed by atoms with Crippen LogP contribution in [0.4, 0.5) is 27.6 Å². The van der Waals surface area contributed by atoms with Gasteiger partial charge in [-0.3, -0.25) is 4.72 Å². The van der Waals surface area contributed by atoms with Crippen molar-refractivity contribution in [2.75, 3.05) is 10.2 Å². The first kappa shape index (κ1) is 18.5. The zero-order valence-corrected chi connectivity index (χ0v) is 13.8. The van der Waals surface area contributed by atoms with Crippen LogP contribution in [0.1, 0.15) is 0 Å². The highest BCUT2D eigenvalue weighted by Crippen LogP contribution is 2.29. The minimum atomic E-state index is -5.08. The number of benzene rings is 2. The standard InChI is InChI=1S/C13H7BrF5NO3S/c14-5-23-7-3-1-2-6(4-7)20-24(21,22)13-11(18)9(16)8(15)10(17)12(13)19/h1-4,20H,5H2. The van der Waals surface area contributed by atoms with Crippen LogP contribution in [-0.4, -0.2) is 13.9 Å². The summed E-state index contributed by atoms with van der Waals surface area (Å²) >= 11 is 2.97. The Bertz CT molecular complexity index is 862. The van der Waals surface area contributed by atoms with Crippen LogP contribution in [0.5, 0.6) is 5.75 Å². The van der Waals surface area contributed by atoms with Crippen LogP contribution in [0, 0.1) is 29.1 Å². The van der Waals surface area contributed by atoms with Crippen LogP contribution in [0.2, 0.25) is 0 Å². The molecule has 0 fully saturated rings. The van der Waals surface area contributed by atoms with Gasteiger partial charge in [0.05, 0.1) is 5.69 Å². The van der Waals surface area contributed by atoms with E-state index in [1.807, 2.05) is 0 Å². The first-order chi connectivity index (χ1) is 11.2. The van der Waals surface area contributed by atoms with E-state index in [1.54, 1.807) is 4.72 Å². The molecule has 0 amide bonds. The fourth-order valence-electron chi connectivity index (χ4n) is 1.74. The van der Waals surface area contributed by atoms with Crippen molar-refractivity contribution in [1.29, 1.82) is 0 Å². The Morgan fingerprint density at radius 1 is 0.958 bits per heavy atom. The van der Waals surface area contributed by atoms with E-state index in [0.29, 0.717) is 0 Å². The van der Waals surface area contributed by atoms with Crippen molar-refractivity contribution < 1.29 is 35.1 Å². The van der Waals surface area contributed by atoms with Crippen LogP contribution >= 0.6 is 15.9 Å². The molecule has 2 aromatic rings. The second kappa shape index (κ2) is 6.93. The minimum absolute atomic E-state index is 0.0842. The Kier molecular flexibility index (Phi) is 5.33. The van der Waals surface area contributed by atoms with Gasteiger partial charge in [0.25, 0.3) is 10.0 Å².